The Kier molecular flexibility index (Phi) is 4.54. The second-order valence-corrected chi connectivity index (χ2v) is 4.53. The van der Waals surface area contributed by atoms with E-state index in [4.69, 9.17) is 4.74 Å². The predicted molar refractivity (Wildman–Crippen MR) is 66.9 cm³/mol. The standard InChI is InChI=1S/C12H15BrO4/c1-4-17-12(16)11(15)8-6(2)5-7(3)9(13)10(8)14/h5,11,14-15H,4H2,1-3H3. The molecule has 1 aromatic carbocycles. The number of aromatic hydroxyl groups is 1. The van der Waals surface area contributed by atoms with Crippen LogP contribution in [0.2, 0.25) is 0 Å². The van der Waals surface area contributed by atoms with Gasteiger partial charge in [0.25, 0.3) is 0 Å². The molecule has 0 heterocycles. The van der Waals surface area contributed by atoms with Crippen LogP contribution in [-0.4, -0.2) is 22.8 Å². The van der Waals surface area contributed by atoms with Gasteiger partial charge in [0.1, 0.15) is 5.75 Å². The first-order chi connectivity index (χ1) is 7.90. The highest BCUT2D eigenvalue weighted by Crippen LogP contribution is 2.37. The number of aliphatic hydroxyl groups is 1. The molecular formula is C12H15BrO4. The number of rotatable bonds is 3. The number of phenolic OH excluding ortho intramolecular Hbond substituents is 1. The molecule has 94 valence electrons. The molecule has 1 unspecified atom stereocenters. The minimum atomic E-state index is -1.47. The van der Waals surface area contributed by atoms with Crippen LogP contribution >= 0.6 is 15.9 Å². The predicted octanol–water partition coefficient (Wildman–Crippen LogP) is 2.37. The number of halogens is 1. The van der Waals surface area contributed by atoms with E-state index in [1.807, 2.05) is 6.92 Å². The van der Waals surface area contributed by atoms with Crippen LogP contribution in [0, 0.1) is 13.8 Å². The Balaban J connectivity index is 3.22. The van der Waals surface area contributed by atoms with Gasteiger partial charge in [0, 0.05) is 5.56 Å². The summed E-state index contributed by atoms with van der Waals surface area (Å²) >= 11 is 3.21. The van der Waals surface area contributed by atoms with Crippen molar-refractivity contribution in [3.05, 3.63) is 27.2 Å². The molecule has 0 bridgehead atoms. The molecule has 0 fully saturated rings. The molecule has 5 heteroatoms. The first-order valence-corrected chi connectivity index (χ1v) is 6.02. The van der Waals surface area contributed by atoms with Crippen molar-refractivity contribution in [1.82, 2.24) is 0 Å². The zero-order valence-corrected chi connectivity index (χ0v) is 11.5. The summed E-state index contributed by atoms with van der Waals surface area (Å²) < 4.78 is 5.20. The molecule has 0 radical (unpaired) electrons. The number of carbonyl (C=O) groups excluding carboxylic acids is 1. The fourth-order valence-corrected chi connectivity index (χ4v) is 1.97. The summed E-state index contributed by atoms with van der Waals surface area (Å²) in [6.45, 7) is 5.37. The van der Waals surface area contributed by atoms with E-state index in [-0.39, 0.29) is 17.9 Å². The van der Waals surface area contributed by atoms with E-state index in [0.29, 0.717) is 10.0 Å². The molecule has 0 saturated heterocycles. The normalized spacial score (nSPS) is 12.3. The van der Waals surface area contributed by atoms with Crippen LogP contribution in [0.5, 0.6) is 5.75 Å². The summed E-state index contributed by atoms with van der Waals surface area (Å²) in [4.78, 5) is 11.4. The van der Waals surface area contributed by atoms with Crippen molar-refractivity contribution in [3.63, 3.8) is 0 Å². The SMILES string of the molecule is CCOC(=O)C(O)c1c(C)cc(C)c(Br)c1O. The summed E-state index contributed by atoms with van der Waals surface area (Å²) in [5.74, 6) is -0.885. The molecule has 1 rings (SSSR count). The third-order valence-corrected chi connectivity index (χ3v) is 3.45. The lowest BCUT2D eigenvalue weighted by molar-refractivity contribution is -0.153. The summed E-state index contributed by atoms with van der Waals surface area (Å²) in [5.41, 5.74) is 1.66. The minimum Gasteiger partial charge on any atom is -0.506 e. The first-order valence-electron chi connectivity index (χ1n) is 5.23. The van der Waals surface area contributed by atoms with Gasteiger partial charge in [-0.1, -0.05) is 6.07 Å². The molecular weight excluding hydrogens is 288 g/mol. The summed E-state index contributed by atoms with van der Waals surface area (Å²) in [7, 11) is 0. The van der Waals surface area contributed by atoms with Crippen molar-refractivity contribution in [1.29, 1.82) is 0 Å². The van der Waals surface area contributed by atoms with Gasteiger partial charge >= 0.3 is 5.97 Å². The number of carbonyl (C=O) groups is 1. The second kappa shape index (κ2) is 5.51. The maximum absolute atomic E-state index is 11.4. The number of hydrogen-bond donors (Lipinski definition) is 2. The van der Waals surface area contributed by atoms with Gasteiger partial charge in [0.15, 0.2) is 6.10 Å². The molecule has 17 heavy (non-hydrogen) atoms. The van der Waals surface area contributed by atoms with Gasteiger partial charge in [-0.2, -0.15) is 0 Å². The summed E-state index contributed by atoms with van der Waals surface area (Å²) in [6, 6.07) is 1.78. The molecule has 4 nitrogen and oxygen atoms in total. The van der Waals surface area contributed by atoms with Gasteiger partial charge in [-0.3, -0.25) is 0 Å². The molecule has 0 amide bonds. The van der Waals surface area contributed by atoms with E-state index in [2.05, 4.69) is 15.9 Å². The molecule has 1 aromatic rings. The molecule has 0 saturated carbocycles. The van der Waals surface area contributed by atoms with Crippen LogP contribution in [-0.2, 0) is 9.53 Å². The summed E-state index contributed by atoms with van der Waals surface area (Å²) in [6.07, 6.45) is -1.47. The molecule has 0 aromatic heterocycles. The van der Waals surface area contributed by atoms with Crippen molar-refractivity contribution in [2.45, 2.75) is 26.9 Å². The highest BCUT2D eigenvalue weighted by atomic mass is 79.9. The molecule has 0 spiro atoms. The second-order valence-electron chi connectivity index (χ2n) is 3.74. The van der Waals surface area contributed by atoms with Gasteiger partial charge in [0.05, 0.1) is 11.1 Å². The zero-order valence-electron chi connectivity index (χ0n) is 9.95. The van der Waals surface area contributed by atoms with Crippen LogP contribution in [0.25, 0.3) is 0 Å². The Morgan fingerprint density at radius 3 is 2.59 bits per heavy atom. The van der Waals surface area contributed by atoms with Crippen LogP contribution in [0.3, 0.4) is 0 Å². The topological polar surface area (TPSA) is 66.8 Å². The van der Waals surface area contributed by atoms with Crippen molar-refractivity contribution in [3.8, 4) is 5.75 Å². The van der Waals surface area contributed by atoms with E-state index in [0.717, 1.165) is 5.56 Å². The lowest BCUT2D eigenvalue weighted by Crippen LogP contribution is -2.16. The molecule has 0 aliphatic carbocycles. The Bertz CT molecular complexity index is 443. The fourth-order valence-electron chi connectivity index (χ4n) is 1.64. The molecule has 2 N–H and O–H groups in total. The van der Waals surface area contributed by atoms with Gasteiger partial charge in [-0.05, 0) is 47.8 Å². The third-order valence-electron chi connectivity index (χ3n) is 2.45. The van der Waals surface area contributed by atoms with Crippen LogP contribution in [0.1, 0.15) is 29.7 Å². The number of esters is 1. The Labute approximate surface area is 108 Å². The largest absolute Gasteiger partial charge is 0.506 e. The maximum atomic E-state index is 11.4. The van der Waals surface area contributed by atoms with E-state index in [1.165, 1.54) is 0 Å². The fraction of sp³-hybridized carbons (Fsp3) is 0.417. The summed E-state index contributed by atoms with van der Waals surface area (Å²) in [5, 5.41) is 19.8. The molecule has 0 aliphatic heterocycles. The number of aryl methyl sites for hydroxylation is 2. The van der Waals surface area contributed by atoms with Crippen molar-refractivity contribution in [2.24, 2.45) is 0 Å². The number of hydrogen-bond acceptors (Lipinski definition) is 4. The van der Waals surface area contributed by atoms with Crippen molar-refractivity contribution in [2.75, 3.05) is 6.61 Å². The lowest BCUT2D eigenvalue weighted by Gasteiger charge is -2.16. The van der Waals surface area contributed by atoms with Crippen LogP contribution in [0.15, 0.2) is 10.5 Å². The highest BCUT2D eigenvalue weighted by molar-refractivity contribution is 9.10. The number of ether oxygens (including phenoxy) is 1. The smallest absolute Gasteiger partial charge is 0.339 e. The van der Waals surface area contributed by atoms with Gasteiger partial charge < -0.3 is 14.9 Å². The third kappa shape index (κ3) is 2.79. The van der Waals surface area contributed by atoms with E-state index in [9.17, 15) is 15.0 Å². The molecule has 0 aliphatic rings. The van der Waals surface area contributed by atoms with Gasteiger partial charge in [-0.25, -0.2) is 4.79 Å². The quantitative estimate of drug-likeness (QED) is 0.841. The average molecular weight is 303 g/mol. The maximum Gasteiger partial charge on any atom is 0.339 e. The average Bonchev–Trinajstić information content (AvgIpc) is 2.26. The Morgan fingerprint density at radius 1 is 1.47 bits per heavy atom. The number of benzene rings is 1. The number of phenols is 1. The molecule has 1 atom stereocenters. The Morgan fingerprint density at radius 2 is 2.06 bits per heavy atom. The van der Waals surface area contributed by atoms with E-state index < -0.39 is 12.1 Å². The van der Waals surface area contributed by atoms with Crippen LogP contribution in [0.4, 0.5) is 0 Å². The van der Waals surface area contributed by atoms with Gasteiger partial charge in [0.2, 0.25) is 0 Å². The monoisotopic (exact) mass is 302 g/mol. The van der Waals surface area contributed by atoms with E-state index >= 15 is 0 Å². The lowest BCUT2D eigenvalue weighted by atomic mass is 9.99. The van der Waals surface area contributed by atoms with Crippen LogP contribution < -0.4 is 0 Å². The number of aliphatic hydroxyl groups excluding tert-OH is 1. The highest BCUT2D eigenvalue weighted by Gasteiger charge is 2.25. The van der Waals surface area contributed by atoms with Gasteiger partial charge in [-0.15, -0.1) is 0 Å². The zero-order chi connectivity index (χ0) is 13.2. The Hall–Kier alpha value is -1.07. The van der Waals surface area contributed by atoms with E-state index in [1.54, 1.807) is 19.9 Å². The van der Waals surface area contributed by atoms with Crippen molar-refractivity contribution < 1.29 is 19.7 Å². The minimum absolute atomic E-state index is 0.122. The first kappa shape index (κ1) is 14.0. The van der Waals surface area contributed by atoms with Crippen molar-refractivity contribution >= 4 is 21.9 Å².